The summed E-state index contributed by atoms with van der Waals surface area (Å²) in [6.07, 6.45) is 2.77. The van der Waals surface area contributed by atoms with Crippen molar-refractivity contribution >= 4 is 11.7 Å². The monoisotopic (exact) mass is 314 g/mol. The molecule has 0 spiro atoms. The van der Waals surface area contributed by atoms with Crippen LogP contribution in [0.2, 0.25) is 0 Å². The molecule has 1 unspecified atom stereocenters. The number of hydrogen-bond acceptors (Lipinski definition) is 7. The highest BCUT2D eigenvalue weighted by molar-refractivity contribution is 6.02. The van der Waals surface area contributed by atoms with E-state index in [9.17, 15) is 5.21 Å². The van der Waals surface area contributed by atoms with Crippen LogP contribution in [0.4, 0.5) is 5.95 Å². The van der Waals surface area contributed by atoms with Gasteiger partial charge >= 0.3 is 0 Å². The van der Waals surface area contributed by atoms with Crippen LogP contribution in [0.5, 0.6) is 11.5 Å². The molecule has 0 bridgehead atoms. The van der Waals surface area contributed by atoms with Crippen molar-refractivity contribution in [1.29, 1.82) is 0 Å². The molecule has 1 aromatic carbocycles. The molecule has 1 aromatic heterocycles. The molecule has 1 aliphatic carbocycles. The van der Waals surface area contributed by atoms with Gasteiger partial charge in [0.1, 0.15) is 11.5 Å². The van der Waals surface area contributed by atoms with Crippen LogP contribution in [-0.4, -0.2) is 35.1 Å². The van der Waals surface area contributed by atoms with Gasteiger partial charge in [-0.1, -0.05) is 11.2 Å². The van der Waals surface area contributed by atoms with Gasteiger partial charge in [-0.15, -0.1) is 0 Å². The summed E-state index contributed by atoms with van der Waals surface area (Å²) in [6.45, 7) is 0. The van der Waals surface area contributed by atoms with Gasteiger partial charge in [0.2, 0.25) is 5.95 Å². The van der Waals surface area contributed by atoms with Crippen LogP contribution in [0, 0.1) is 0 Å². The molecule has 7 nitrogen and oxygen atoms in total. The molecule has 120 valence electrons. The first-order valence-electron chi connectivity index (χ1n) is 7.21. The van der Waals surface area contributed by atoms with E-state index in [1.54, 1.807) is 20.4 Å². The van der Waals surface area contributed by atoms with E-state index < -0.39 is 0 Å². The van der Waals surface area contributed by atoms with E-state index in [-0.39, 0.29) is 11.9 Å². The van der Waals surface area contributed by atoms with Crippen LogP contribution in [0.25, 0.3) is 0 Å². The second-order valence-corrected chi connectivity index (χ2v) is 5.32. The minimum atomic E-state index is 0.00815. The van der Waals surface area contributed by atoms with Crippen LogP contribution in [-0.2, 0) is 6.42 Å². The molecule has 0 aliphatic heterocycles. The first kappa shape index (κ1) is 15.1. The minimum absolute atomic E-state index is 0.00815. The summed E-state index contributed by atoms with van der Waals surface area (Å²) in [5.41, 5.74) is 8.64. The van der Waals surface area contributed by atoms with E-state index in [2.05, 4.69) is 15.1 Å². The minimum Gasteiger partial charge on any atom is -0.496 e. The average molecular weight is 314 g/mol. The first-order valence-corrected chi connectivity index (χ1v) is 7.21. The number of methoxy groups -OCH3 is 2. The van der Waals surface area contributed by atoms with Gasteiger partial charge in [-0.3, -0.25) is 0 Å². The summed E-state index contributed by atoms with van der Waals surface area (Å²) in [7, 11) is 3.24. The lowest BCUT2D eigenvalue weighted by Crippen LogP contribution is -2.22. The number of nitrogens with two attached hydrogens (primary N) is 1. The fourth-order valence-electron chi connectivity index (χ4n) is 3.06. The fourth-order valence-corrected chi connectivity index (χ4v) is 3.06. The number of nitrogen functional groups attached to an aromatic ring is 1. The maximum Gasteiger partial charge on any atom is 0.220 e. The highest BCUT2D eigenvalue weighted by atomic mass is 16.5. The molecule has 2 aromatic rings. The van der Waals surface area contributed by atoms with Crippen molar-refractivity contribution in [2.75, 3.05) is 20.0 Å². The Bertz CT molecular complexity index is 739. The molecule has 0 amide bonds. The van der Waals surface area contributed by atoms with E-state index in [1.807, 2.05) is 18.2 Å². The molecule has 23 heavy (non-hydrogen) atoms. The van der Waals surface area contributed by atoms with Gasteiger partial charge in [0.05, 0.1) is 25.6 Å². The molecule has 3 rings (SSSR count). The van der Waals surface area contributed by atoms with Crippen LogP contribution in [0.1, 0.15) is 29.2 Å². The topological polar surface area (TPSA) is 103 Å². The van der Waals surface area contributed by atoms with Crippen molar-refractivity contribution in [2.24, 2.45) is 5.16 Å². The Kier molecular flexibility index (Phi) is 4.01. The van der Waals surface area contributed by atoms with E-state index >= 15 is 0 Å². The first-order chi connectivity index (χ1) is 11.2. The second kappa shape index (κ2) is 6.12. The SMILES string of the molecule is COc1cccc(OC)c1C1CC(=NO)c2cnc(N)nc2C1. The zero-order valence-corrected chi connectivity index (χ0v) is 13.0. The van der Waals surface area contributed by atoms with E-state index in [0.29, 0.717) is 18.6 Å². The van der Waals surface area contributed by atoms with Crippen molar-refractivity contribution in [3.8, 4) is 11.5 Å². The summed E-state index contributed by atoms with van der Waals surface area (Å²) in [4.78, 5) is 8.27. The fraction of sp³-hybridized carbons (Fsp3) is 0.312. The molecule has 1 heterocycles. The van der Waals surface area contributed by atoms with Crippen molar-refractivity contribution in [3.05, 3.63) is 41.2 Å². The number of nitrogens with zero attached hydrogens (tertiary/aromatic N) is 3. The molecule has 0 saturated carbocycles. The van der Waals surface area contributed by atoms with Crippen molar-refractivity contribution < 1.29 is 14.7 Å². The third-order valence-corrected chi connectivity index (χ3v) is 4.07. The number of benzene rings is 1. The molecule has 0 saturated heterocycles. The maximum absolute atomic E-state index is 9.36. The standard InChI is InChI=1S/C16H18N4O3/c1-22-13-4-3-5-14(23-2)15(13)9-6-11-10(12(7-9)20-21)8-18-16(17)19-11/h3-5,8-9,21H,6-7H2,1-2H3,(H2,17,18,19). The smallest absolute Gasteiger partial charge is 0.220 e. The normalized spacial score (nSPS) is 18.5. The Labute approximate surface area is 133 Å². The molecular weight excluding hydrogens is 296 g/mol. The summed E-state index contributed by atoms with van der Waals surface area (Å²) < 4.78 is 11.0. The Morgan fingerprint density at radius 2 is 1.91 bits per heavy atom. The average Bonchev–Trinajstić information content (AvgIpc) is 2.59. The lowest BCUT2D eigenvalue weighted by Gasteiger charge is -2.27. The van der Waals surface area contributed by atoms with Gasteiger partial charge in [-0.2, -0.15) is 0 Å². The van der Waals surface area contributed by atoms with E-state index in [0.717, 1.165) is 28.3 Å². The number of fused-ring (bicyclic) bond motifs is 1. The van der Waals surface area contributed by atoms with Crippen molar-refractivity contribution in [3.63, 3.8) is 0 Å². The number of anilines is 1. The third-order valence-electron chi connectivity index (χ3n) is 4.07. The lowest BCUT2D eigenvalue weighted by molar-refractivity contribution is 0.316. The number of rotatable bonds is 3. The highest BCUT2D eigenvalue weighted by Gasteiger charge is 2.30. The van der Waals surface area contributed by atoms with Gasteiger partial charge in [-0.05, 0) is 18.6 Å². The Balaban J connectivity index is 2.10. The van der Waals surface area contributed by atoms with E-state index in [1.165, 1.54) is 0 Å². The number of ether oxygens (including phenoxy) is 2. The zero-order valence-electron chi connectivity index (χ0n) is 13.0. The van der Waals surface area contributed by atoms with Crippen LogP contribution in [0.3, 0.4) is 0 Å². The predicted molar refractivity (Wildman–Crippen MR) is 85.4 cm³/mol. The van der Waals surface area contributed by atoms with Crippen molar-refractivity contribution in [2.45, 2.75) is 18.8 Å². The predicted octanol–water partition coefficient (Wildman–Crippen LogP) is 1.98. The summed E-state index contributed by atoms with van der Waals surface area (Å²) in [5.74, 6) is 1.68. The summed E-state index contributed by atoms with van der Waals surface area (Å²) in [6, 6.07) is 5.65. The molecule has 1 aliphatic rings. The highest BCUT2D eigenvalue weighted by Crippen LogP contribution is 2.41. The molecule has 3 N–H and O–H groups in total. The maximum atomic E-state index is 9.36. The molecule has 0 fully saturated rings. The van der Waals surface area contributed by atoms with Gasteiger partial charge in [0.15, 0.2) is 0 Å². The molecular formula is C16H18N4O3. The van der Waals surface area contributed by atoms with Crippen molar-refractivity contribution in [1.82, 2.24) is 9.97 Å². The Morgan fingerprint density at radius 1 is 1.22 bits per heavy atom. The zero-order chi connectivity index (χ0) is 16.4. The van der Waals surface area contributed by atoms with Crippen LogP contribution < -0.4 is 15.2 Å². The Hall–Kier alpha value is -2.83. The second-order valence-electron chi connectivity index (χ2n) is 5.32. The number of oxime groups is 1. The van der Waals surface area contributed by atoms with Gasteiger partial charge < -0.3 is 20.4 Å². The van der Waals surface area contributed by atoms with Crippen LogP contribution >= 0.6 is 0 Å². The largest absolute Gasteiger partial charge is 0.496 e. The number of aromatic nitrogens is 2. The summed E-state index contributed by atoms with van der Waals surface area (Å²) >= 11 is 0. The lowest BCUT2D eigenvalue weighted by atomic mass is 9.81. The van der Waals surface area contributed by atoms with Gasteiger partial charge in [0.25, 0.3) is 0 Å². The Morgan fingerprint density at radius 3 is 2.52 bits per heavy atom. The molecule has 0 radical (unpaired) electrons. The van der Waals surface area contributed by atoms with Gasteiger partial charge in [0, 0.05) is 29.7 Å². The quantitative estimate of drug-likeness (QED) is 0.663. The van der Waals surface area contributed by atoms with E-state index in [4.69, 9.17) is 15.2 Å². The molecule has 1 atom stereocenters. The number of hydrogen-bond donors (Lipinski definition) is 2. The third kappa shape index (κ3) is 2.65. The molecule has 7 heteroatoms. The summed E-state index contributed by atoms with van der Waals surface area (Å²) in [5, 5.41) is 12.8. The van der Waals surface area contributed by atoms with Gasteiger partial charge in [-0.25, -0.2) is 9.97 Å². The van der Waals surface area contributed by atoms with Crippen LogP contribution in [0.15, 0.2) is 29.6 Å².